The maximum absolute atomic E-state index is 4.43. The van der Waals surface area contributed by atoms with E-state index in [-0.39, 0.29) is 0 Å². The fourth-order valence-electron chi connectivity index (χ4n) is 1.94. The fourth-order valence-corrected chi connectivity index (χ4v) is 1.94. The van der Waals surface area contributed by atoms with Gasteiger partial charge in [0.2, 0.25) is 5.95 Å². The molecule has 4 nitrogen and oxygen atoms in total. The summed E-state index contributed by atoms with van der Waals surface area (Å²) < 4.78 is 2.22. The number of imidazole rings is 1. The summed E-state index contributed by atoms with van der Waals surface area (Å²) >= 11 is 0. The maximum atomic E-state index is 4.43. The van der Waals surface area contributed by atoms with E-state index in [1.807, 2.05) is 6.20 Å². The average Bonchev–Trinajstić information content (AvgIpc) is 2.72. The molecule has 0 aliphatic carbocycles. The van der Waals surface area contributed by atoms with E-state index in [1.165, 1.54) is 12.8 Å². The number of nitrogens with one attached hydrogen (secondary N) is 1. The minimum Gasteiger partial charge on any atom is -0.351 e. The van der Waals surface area contributed by atoms with Crippen LogP contribution < -0.4 is 5.32 Å². The highest BCUT2D eigenvalue weighted by atomic mass is 15.2. The molecule has 1 aromatic rings. The van der Waals surface area contributed by atoms with Crippen LogP contribution in [-0.2, 0) is 6.54 Å². The van der Waals surface area contributed by atoms with Gasteiger partial charge in [0.1, 0.15) is 0 Å². The summed E-state index contributed by atoms with van der Waals surface area (Å²) in [5.74, 6) is 1.59. The first kappa shape index (κ1) is 15.0. The molecule has 1 aromatic heterocycles. The van der Waals surface area contributed by atoms with E-state index in [4.69, 9.17) is 0 Å². The molecular formula is C14H28N4. The molecule has 0 spiro atoms. The first-order chi connectivity index (χ1) is 8.54. The fraction of sp³-hybridized carbons (Fsp3) is 0.786. The Labute approximate surface area is 111 Å². The Morgan fingerprint density at radius 2 is 2.11 bits per heavy atom. The van der Waals surface area contributed by atoms with Crippen molar-refractivity contribution in [2.45, 2.75) is 46.2 Å². The Hall–Kier alpha value is -1.03. The van der Waals surface area contributed by atoms with Crippen LogP contribution in [0.4, 0.5) is 5.95 Å². The number of rotatable bonds is 8. The third kappa shape index (κ3) is 4.69. The molecule has 0 saturated heterocycles. The zero-order valence-corrected chi connectivity index (χ0v) is 12.5. The molecular weight excluding hydrogens is 224 g/mol. The van der Waals surface area contributed by atoms with E-state index < -0.39 is 0 Å². The van der Waals surface area contributed by atoms with Crippen molar-refractivity contribution < 1.29 is 0 Å². The van der Waals surface area contributed by atoms with Crippen molar-refractivity contribution in [2.24, 2.45) is 5.92 Å². The summed E-state index contributed by atoms with van der Waals surface area (Å²) in [4.78, 5) is 6.65. The number of nitrogens with zero attached hydrogens (tertiary/aromatic N) is 3. The molecule has 0 fully saturated rings. The standard InChI is InChI=1S/C14H28N4/c1-6-7-9-18-10-8-15-14(18)16-13(12(2)3)11-17(4)5/h8,10,12-13H,6-7,9,11H2,1-5H3,(H,15,16). The molecule has 0 bridgehead atoms. The number of hydrogen-bond donors (Lipinski definition) is 1. The number of unbranched alkanes of at least 4 members (excludes halogenated alkanes) is 1. The van der Waals surface area contributed by atoms with Gasteiger partial charge >= 0.3 is 0 Å². The van der Waals surface area contributed by atoms with Crippen LogP contribution in [0.1, 0.15) is 33.6 Å². The lowest BCUT2D eigenvalue weighted by molar-refractivity contribution is 0.343. The van der Waals surface area contributed by atoms with Gasteiger partial charge in [-0.05, 0) is 26.4 Å². The summed E-state index contributed by atoms with van der Waals surface area (Å²) in [5, 5.41) is 3.58. The van der Waals surface area contributed by atoms with Crippen molar-refractivity contribution in [3.63, 3.8) is 0 Å². The van der Waals surface area contributed by atoms with Crippen molar-refractivity contribution in [1.82, 2.24) is 14.5 Å². The summed E-state index contributed by atoms with van der Waals surface area (Å²) in [6.45, 7) is 8.79. The summed E-state index contributed by atoms with van der Waals surface area (Å²) in [7, 11) is 4.22. The number of likely N-dealkylation sites (N-methyl/N-ethyl adjacent to an activating group) is 1. The largest absolute Gasteiger partial charge is 0.351 e. The molecule has 0 aliphatic rings. The predicted molar refractivity (Wildman–Crippen MR) is 77.9 cm³/mol. The Balaban J connectivity index is 2.65. The number of hydrogen-bond acceptors (Lipinski definition) is 3. The predicted octanol–water partition coefficient (Wildman–Crippen LogP) is 2.68. The number of aryl methyl sites for hydroxylation is 1. The van der Waals surface area contributed by atoms with Gasteiger partial charge in [0.25, 0.3) is 0 Å². The molecule has 1 N–H and O–H groups in total. The summed E-state index contributed by atoms with van der Waals surface area (Å²) in [6, 6.07) is 0.433. The minimum absolute atomic E-state index is 0.433. The van der Waals surface area contributed by atoms with Crippen molar-refractivity contribution in [3.05, 3.63) is 12.4 Å². The first-order valence-corrected chi connectivity index (χ1v) is 6.97. The van der Waals surface area contributed by atoms with Gasteiger partial charge in [-0.3, -0.25) is 0 Å². The molecule has 1 unspecified atom stereocenters. The average molecular weight is 252 g/mol. The molecule has 0 aromatic carbocycles. The molecule has 0 radical (unpaired) electrons. The highest BCUT2D eigenvalue weighted by Gasteiger charge is 2.16. The molecule has 1 atom stereocenters. The topological polar surface area (TPSA) is 33.1 Å². The van der Waals surface area contributed by atoms with E-state index in [0.717, 1.165) is 19.0 Å². The van der Waals surface area contributed by atoms with Gasteiger partial charge in [-0.25, -0.2) is 4.98 Å². The second-order valence-corrected chi connectivity index (χ2v) is 5.55. The van der Waals surface area contributed by atoms with E-state index in [1.54, 1.807) is 0 Å². The lowest BCUT2D eigenvalue weighted by Gasteiger charge is -2.26. The Morgan fingerprint density at radius 1 is 1.39 bits per heavy atom. The monoisotopic (exact) mass is 252 g/mol. The molecule has 18 heavy (non-hydrogen) atoms. The smallest absolute Gasteiger partial charge is 0.203 e. The van der Waals surface area contributed by atoms with E-state index in [9.17, 15) is 0 Å². The molecule has 104 valence electrons. The quantitative estimate of drug-likeness (QED) is 0.772. The molecule has 1 rings (SSSR count). The third-order valence-electron chi connectivity index (χ3n) is 3.15. The van der Waals surface area contributed by atoms with Gasteiger partial charge in [-0.1, -0.05) is 27.2 Å². The molecule has 0 saturated carbocycles. The zero-order chi connectivity index (χ0) is 13.5. The zero-order valence-electron chi connectivity index (χ0n) is 12.5. The van der Waals surface area contributed by atoms with Crippen LogP contribution in [0.3, 0.4) is 0 Å². The summed E-state index contributed by atoms with van der Waals surface area (Å²) in [5.41, 5.74) is 0. The van der Waals surface area contributed by atoms with Crippen LogP contribution >= 0.6 is 0 Å². The maximum Gasteiger partial charge on any atom is 0.203 e. The van der Waals surface area contributed by atoms with Gasteiger partial charge < -0.3 is 14.8 Å². The summed E-state index contributed by atoms with van der Waals surface area (Å²) in [6.07, 6.45) is 6.35. The van der Waals surface area contributed by atoms with Crippen LogP contribution in [0, 0.1) is 5.92 Å². The Morgan fingerprint density at radius 3 is 2.67 bits per heavy atom. The normalized spacial score (nSPS) is 13.3. The van der Waals surface area contributed by atoms with Crippen LogP contribution in [-0.4, -0.2) is 41.1 Å². The van der Waals surface area contributed by atoms with Crippen molar-refractivity contribution >= 4 is 5.95 Å². The van der Waals surface area contributed by atoms with Crippen molar-refractivity contribution in [2.75, 3.05) is 26.0 Å². The first-order valence-electron chi connectivity index (χ1n) is 6.97. The SMILES string of the molecule is CCCCn1ccnc1NC(CN(C)C)C(C)C. The lowest BCUT2D eigenvalue weighted by atomic mass is 10.0. The molecule has 0 amide bonds. The van der Waals surface area contributed by atoms with Crippen molar-refractivity contribution in [1.29, 1.82) is 0 Å². The number of aromatic nitrogens is 2. The van der Waals surface area contributed by atoms with Gasteiger partial charge in [0.05, 0.1) is 0 Å². The Bertz CT molecular complexity index is 330. The molecule has 4 heteroatoms. The van der Waals surface area contributed by atoms with Crippen LogP contribution in [0.5, 0.6) is 0 Å². The molecule has 0 aliphatic heterocycles. The third-order valence-corrected chi connectivity index (χ3v) is 3.15. The van der Waals surface area contributed by atoms with Crippen LogP contribution in [0.15, 0.2) is 12.4 Å². The van der Waals surface area contributed by atoms with Gasteiger partial charge in [0, 0.05) is 31.5 Å². The van der Waals surface area contributed by atoms with Gasteiger partial charge in [-0.2, -0.15) is 0 Å². The molecule has 1 heterocycles. The van der Waals surface area contributed by atoms with Crippen molar-refractivity contribution in [3.8, 4) is 0 Å². The van der Waals surface area contributed by atoms with E-state index >= 15 is 0 Å². The van der Waals surface area contributed by atoms with Gasteiger partial charge in [-0.15, -0.1) is 0 Å². The minimum atomic E-state index is 0.433. The highest BCUT2D eigenvalue weighted by molar-refractivity contribution is 5.28. The number of anilines is 1. The second-order valence-electron chi connectivity index (χ2n) is 5.55. The van der Waals surface area contributed by atoms with Crippen LogP contribution in [0.2, 0.25) is 0 Å². The van der Waals surface area contributed by atoms with E-state index in [0.29, 0.717) is 12.0 Å². The lowest BCUT2D eigenvalue weighted by Crippen LogP contribution is -2.37. The highest BCUT2D eigenvalue weighted by Crippen LogP contribution is 2.12. The van der Waals surface area contributed by atoms with E-state index in [2.05, 4.69) is 60.8 Å². The van der Waals surface area contributed by atoms with Gasteiger partial charge in [0.15, 0.2) is 0 Å². The second kappa shape index (κ2) is 7.41. The Kier molecular flexibility index (Phi) is 6.19. The van der Waals surface area contributed by atoms with Crippen LogP contribution in [0.25, 0.3) is 0 Å².